The van der Waals surface area contributed by atoms with Gasteiger partial charge in [0.25, 0.3) is 0 Å². The molecule has 166 valence electrons. The van der Waals surface area contributed by atoms with E-state index in [9.17, 15) is 19.6 Å². The summed E-state index contributed by atoms with van der Waals surface area (Å²) < 4.78 is 16.7. The molecule has 2 aliphatic heterocycles. The molecule has 2 N–H and O–H groups in total. The van der Waals surface area contributed by atoms with Crippen LogP contribution in [0.25, 0.3) is 0 Å². The number of Topliss-reactive ketones (excluding diaryl/α,β-unsaturated/α-hetero) is 1. The molecule has 1 aliphatic carbocycles. The van der Waals surface area contributed by atoms with Gasteiger partial charge >= 0.3 is 11.9 Å². The lowest BCUT2D eigenvalue weighted by atomic mass is 9.68. The monoisotopic (exact) mass is 437 g/mol. The van der Waals surface area contributed by atoms with Crippen molar-refractivity contribution in [2.45, 2.75) is 32.9 Å². The molecule has 0 bridgehead atoms. The first-order chi connectivity index (χ1) is 15.4. The first-order valence-corrected chi connectivity index (χ1v) is 10.5. The molecular formula is C23H23N3O6. The van der Waals surface area contributed by atoms with Crippen LogP contribution in [-0.4, -0.2) is 42.4 Å². The Bertz CT molecular complexity index is 1150. The first kappa shape index (κ1) is 21.4. The maximum Gasteiger partial charge on any atom is 0.355 e. The second-order valence-electron chi connectivity index (χ2n) is 7.54. The van der Waals surface area contributed by atoms with Gasteiger partial charge in [-0.25, -0.2) is 9.59 Å². The lowest BCUT2D eigenvalue weighted by Gasteiger charge is -2.41. The fraction of sp³-hybridized carbons (Fsp3) is 0.391. The predicted molar refractivity (Wildman–Crippen MR) is 110 cm³/mol. The van der Waals surface area contributed by atoms with Gasteiger partial charge < -0.3 is 24.8 Å². The summed E-state index contributed by atoms with van der Waals surface area (Å²) in [4.78, 5) is 42.1. The summed E-state index contributed by atoms with van der Waals surface area (Å²) in [6, 6.07) is 8.67. The number of carbonyl (C=O) groups excluding carboxylic acids is 3. The SMILES string of the molecule is CCCN1C(C(=O)OCC)=C(C(=O)OCC)[C@]23C(=O)c4ccccc4[C@]12OC(N)=C3C#N. The van der Waals surface area contributed by atoms with E-state index >= 15 is 0 Å². The molecule has 0 fully saturated rings. The minimum Gasteiger partial charge on any atom is -0.463 e. The van der Waals surface area contributed by atoms with Crippen molar-refractivity contribution in [1.82, 2.24) is 4.90 Å². The predicted octanol–water partition coefficient (Wildman–Crippen LogP) is 1.85. The molecule has 1 aromatic carbocycles. The van der Waals surface area contributed by atoms with Gasteiger partial charge in [0.2, 0.25) is 11.6 Å². The first-order valence-electron chi connectivity index (χ1n) is 10.5. The number of hydrogen-bond donors (Lipinski definition) is 1. The molecule has 0 spiro atoms. The Morgan fingerprint density at radius 2 is 1.81 bits per heavy atom. The standard InChI is InChI=1S/C23H23N3O6/c1-4-11-26-17(21(29)31-6-3)16(20(28)30-5-2)22-15(12-24)19(25)32-23(22,26)14-10-8-7-9-13(14)18(22)27/h7-10H,4-6,11,25H2,1-3H3/t22-,23-/m1/s1. The fourth-order valence-electron chi connectivity index (χ4n) is 5.12. The molecule has 3 aliphatic rings. The van der Waals surface area contributed by atoms with Gasteiger partial charge in [0.1, 0.15) is 17.3 Å². The zero-order valence-electron chi connectivity index (χ0n) is 18.1. The summed E-state index contributed by atoms with van der Waals surface area (Å²) in [7, 11) is 0. The molecular weight excluding hydrogens is 414 g/mol. The number of nitrogens with zero attached hydrogens (tertiary/aromatic N) is 2. The fourth-order valence-corrected chi connectivity index (χ4v) is 5.12. The summed E-state index contributed by atoms with van der Waals surface area (Å²) in [6.07, 6.45) is 0.540. The highest BCUT2D eigenvalue weighted by Crippen LogP contribution is 2.70. The number of esters is 2. The third-order valence-corrected chi connectivity index (χ3v) is 6.03. The van der Waals surface area contributed by atoms with Crippen LogP contribution in [0.15, 0.2) is 47.0 Å². The molecule has 2 heterocycles. The lowest BCUT2D eigenvalue weighted by Crippen LogP contribution is -2.52. The van der Waals surface area contributed by atoms with Crippen molar-refractivity contribution in [3.05, 3.63) is 58.1 Å². The van der Waals surface area contributed by atoms with Crippen molar-refractivity contribution >= 4 is 17.7 Å². The Morgan fingerprint density at radius 1 is 1.16 bits per heavy atom. The summed E-state index contributed by atoms with van der Waals surface area (Å²) in [6.45, 7) is 5.40. The molecule has 0 unspecified atom stereocenters. The maximum absolute atomic E-state index is 14.0. The Kier molecular flexibility index (Phi) is 4.96. The quantitative estimate of drug-likeness (QED) is 0.662. The average Bonchev–Trinajstić information content (AvgIpc) is 3.26. The van der Waals surface area contributed by atoms with Crippen LogP contribution in [0.2, 0.25) is 0 Å². The van der Waals surface area contributed by atoms with E-state index in [1.54, 1.807) is 38.1 Å². The highest BCUT2D eigenvalue weighted by Gasteiger charge is 2.81. The van der Waals surface area contributed by atoms with Crippen molar-refractivity contribution in [2.75, 3.05) is 19.8 Å². The smallest absolute Gasteiger partial charge is 0.355 e. The van der Waals surface area contributed by atoms with Crippen molar-refractivity contribution < 1.29 is 28.6 Å². The summed E-state index contributed by atoms with van der Waals surface area (Å²) in [5, 5.41) is 10.1. The number of carbonyl (C=O) groups is 3. The maximum atomic E-state index is 14.0. The molecule has 9 nitrogen and oxygen atoms in total. The van der Waals surface area contributed by atoms with E-state index in [0.717, 1.165) is 0 Å². The third-order valence-electron chi connectivity index (χ3n) is 6.03. The van der Waals surface area contributed by atoms with Crippen molar-refractivity contribution in [3.63, 3.8) is 0 Å². The molecule has 0 saturated carbocycles. The van der Waals surface area contributed by atoms with Gasteiger partial charge in [-0.2, -0.15) is 5.26 Å². The molecule has 0 aromatic heterocycles. The van der Waals surface area contributed by atoms with Crippen molar-refractivity contribution in [2.24, 2.45) is 11.1 Å². The van der Waals surface area contributed by atoms with Gasteiger partial charge in [-0.05, 0) is 20.3 Å². The Labute approximate surface area is 185 Å². The van der Waals surface area contributed by atoms with Crippen molar-refractivity contribution in [1.29, 1.82) is 5.26 Å². The van der Waals surface area contributed by atoms with E-state index in [0.29, 0.717) is 17.5 Å². The molecule has 4 rings (SSSR count). The van der Waals surface area contributed by atoms with Gasteiger partial charge in [0, 0.05) is 17.7 Å². The number of nitrogens with two attached hydrogens (primary N) is 1. The second kappa shape index (κ2) is 7.41. The number of ether oxygens (including phenoxy) is 3. The number of hydrogen-bond acceptors (Lipinski definition) is 9. The number of ketones is 1. The number of nitriles is 1. The third kappa shape index (κ3) is 2.24. The van der Waals surface area contributed by atoms with Crippen LogP contribution in [-0.2, 0) is 29.5 Å². The zero-order chi connectivity index (χ0) is 23.3. The molecule has 0 radical (unpaired) electrons. The lowest BCUT2D eigenvalue weighted by molar-refractivity contribution is -0.151. The van der Waals surface area contributed by atoms with Crippen LogP contribution >= 0.6 is 0 Å². The van der Waals surface area contributed by atoms with Crippen LogP contribution in [0.1, 0.15) is 43.1 Å². The number of rotatable bonds is 6. The van der Waals surface area contributed by atoms with E-state index in [-0.39, 0.29) is 42.5 Å². The minimum atomic E-state index is -1.97. The zero-order valence-corrected chi connectivity index (χ0v) is 18.1. The number of benzene rings is 1. The molecule has 2 atom stereocenters. The molecule has 1 aromatic rings. The van der Waals surface area contributed by atoms with E-state index < -0.39 is 28.9 Å². The van der Waals surface area contributed by atoms with Gasteiger partial charge in [0.05, 0.1) is 18.8 Å². The molecule has 32 heavy (non-hydrogen) atoms. The summed E-state index contributed by atoms with van der Waals surface area (Å²) >= 11 is 0. The van der Waals surface area contributed by atoms with Crippen LogP contribution in [0, 0.1) is 16.7 Å². The van der Waals surface area contributed by atoms with Crippen LogP contribution < -0.4 is 5.73 Å². The van der Waals surface area contributed by atoms with Crippen LogP contribution in [0.5, 0.6) is 0 Å². The van der Waals surface area contributed by atoms with Gasteiger partial charge in [-0.15, -0.1) is 0 Å². The largest absolute Gasteiger partial charge is 0.463 e. The molecule has 9 heteroatoms. The topological polar surface area (TPSA) is 132 Å². The summed E-state index contributed by atoms with van der Waals surface area (Å²) in [5.41, 5.74) is 2.52. The van der Waals surface area contributed by atoms with E-state index in [2.05, 4.69) is 0 Å². The normalized spacial score (nSPS) is 25.2. The van der Waals surface area contributed by atoms with Crippen molar-refractivity contribution in [3.8, 4) is 6.07 Å². The Morgan fingerprint density at radius 3 is 2.44 bits per heavy atom. The van der Waals surface area contributed by atoms with E-state index in [1.165, 1.54) is 4.90 Å². The van der Waals surface area contributed by atoms with Gasteiger partial charge in [-0.1, -0.05) is 31.2 Å². The Balaban J connectivity index is 2.18. The minimum absolute atomic E-state index is 0.00161. The van der Waals surface area contributed by atoms with Crippen LogP contribution in [0.3, 0.4) is 0 Å². The highest BCUT2D eigenvalue weighted by atomic mass is 16.6. The van der Waals surface area contributed by atoms with Crippen LogP contribution in [0.4, 0.5) is 0 Å². The molecule has 0 saturated heterocycles. The second-order valence-corrected chi connectivity index (χ2v) is 7.54. The summed E-state index contributed by atoms with van der Waals surface area (Å²) in [5.74, 6) is -2.51. The Hall–Kier alpha value is -3.80. The van der Waals surface area contributed by atoms with E-state index in [4.69, 9.17) is 19.9 Å². The highest BCUT2D eigenvalue weighted by molar-refractivity contribution is 6.19. The van der Waals surface area contributed by atoms with Gasteiger partial charge in [-0.3, -0.25) is 4.79 Å². The number of fused-ring (bicyclic) bond motifs is 1. The van der Waals surface area contributed by atoms with Gasteiger partial charge in [0.15, 0.2) is 11.2 Å². The van der Waals surface area contributed by atoms with E-state index in [1.807, 2.05) is 13.0 Å². The molecule has 0 amide bonds. The average molecular weight is 437 g/mol.